The zero-order chi connectivity index (χ0) is 14.9. The summed E-state index contributed by atoms with van der Waals surface area (Å²) in [6.07, 6.45) is 6.66. The average Bonchev–Trinajstić information content (AvgIpc) is 2.86. The van der Waals surface area contributed by atoms with Gasteiger partial charge in [0.15, 0.2) is 0 Å². The first-order valence-corrected chi connectivity index (χ1v) is 7.39. The van der Waals surface area contributed by atoms with Crippen LogP contribution < -0.4 is 5.32 Å². The van der Waals surface area contributed by atoms with Gasteiger partial charge < -0.3 is 10.2 Å². The minimum Gasteiger partial charge on any atom is -0.373 e. The van der Waals surface area contributed by atoms with Crippen LogP contribution in [0.25, 0.3) is 0 Å². The van der Waals surface area contributed by atoms with Crippen LogP contribution >= 0.6 is 0 Å². The minimum atomic E-state index is 0.353. The van der Waals surface area contributed by atoms with Crippen molar-refractivity contribution in [2.75, 3.05) is 18.9 Å². The highest BCUT2D eigenvalue weighted by atomic mass is 15.1. The van der Waals surface area contributed by atoms with Crippen molar-refractivity contribution < 1.29 is 0 Å². The van der Waals surface area contributed by atoms with Gasteiger partial charge in [0.25, 0.3) is 0 Å². The molecule has 0 bridgehead atoms. The topological polar surface area (TPSA) is 28.2 Å². The van der Waals surface area contributed by atoms with Crippen LogP contribution in [-0.2, 0) is 0 Å². The van der Waals surface area contributed by atoms with Gasteiger partial charge in [-0.15, -0.1) is 0 Å². The molecular weight excluding hydrogens is 258 g/mol. The van der Waals surface area contributed by atoms with Gasteiger partial charge in [0.05, 0.1) is 0 Å². The van der Waals surface area contributed by atoms with Gasteiger partial charge in [0.2, 0.25) is 0 Å². The molecular formula is C18H21N3. The number of pyridine rings is 1. The zero-order valence-corrected chi connectivity index (χ0v) is 12.9. The molecule has 0 aliphatic carbocycles. The summed E-state index contributed by atoms with van der Waals surface area (Å²) in [5, 5.41) is 3.03. The van der Waals surface area contributed by atoms with E-state index in [1.807, 2.05) is 25.2 Å². The van der Waals surface area contributed by atoms with E-state index in [0.29, 0.717) is 5.41 Å². The fraction of sp³-hybridized carbons (Fsp3) is 0.389. The van der Waals surface area contributed by atoms with E-state index in [2.05, 4.69) is 53.2 Å². The van der Waals surface area contributed by atoms with E-state index in [1.54, 1.807) is 0 Å². The molecule has 1 aromatic rings. The Hall–Kier alpha value is -2.21. The van der Waals surface area contributed by atoms with Crippen LogP contribution in [0.3, 0.4) is 0 Å². The third kappa shape index (κ3) is 3.11. The summed E-state index contributed by atoms with van der Waals surface area (Å²) >= 11 is 0. The molecule has 3 rings (SSSR count). The van der Waals surface area contributed by atoms with E-state index in [1.165, 1.54) is 11.3 Å². The Bertz CT molecular complexity index is 671. The number of nitrogens with one attached hydrogen (secondary N) is 1. The van der Waals surface area contributed by atoms with Gasteiger partial charge in [0, 0.05) is 37.5 Å². The molecule has 1 N–H and O–H groups in total. The number of nitrogens with zero attached hydrogens (tertiary/aromatic N) is 2. The van der Waals surface area contributed by atoms with E-state index in [4.69, 9.17) is 0 Å². The lowest BCUT2D eigenvalue weighted by Gasteiger charge is -2.34. The number of anilines is 1. The van der Waals surface area contributed by atoms with Gasteiger partial charge in [-0.2, -0.15) is 0 Å². The second-order valence-electron chi connectivity index (χ2n) is 6.43. The Balaban J connectivity index is 1.77. The Kier molecular flexibility index (Phi) is 3.47. The monoisotopic (exact) mass is 279 g/mol. The molecule has 0 atom stereocenters. The van der Waals surface area contributed by atoms with Crippen molar-refractivity contribution >= 4 is 5.82 Å². The largest absolute Gasteiger partial charge is 0.373 e. The molecule has 0 fully saturated rings. The first-order chi connectivity index (χ1) is 10.1. The standard InChI is InChI=1S/C18H21N3/c1-18(2)10-9-16-11-14(12-21(16)13-18)7-8-15-5-4-6-17(19-3)20-15/h4-6,9,12H,10-11,13H2,1-3H3,(H,19,20). The van der Waals surface area contributed by atoms with E-state index < -0.39 is 0 Å². The number of rotatable bonds is 1. The SMILES string of the molecule is CNc1cccc(C#CC2=CN3CC(C)(C)CC=C3C2)n1. The molecule has 0 aromatic carbocycles. The van der Waals surface area contributed by atoms with Crippen molar-refractivity contribution in [1.82, 2.24) is 9.88 Å². The molecule has 3 heteroatoms. The van der Waals surface area contributed by atoms with E-state index >= 15 is 0 Å². The van der Waals surface area contributed by atoms with Crippen LogP contribution in [0.2, 0.25) is 0 Å². The fourth-order valence-electron chi connectivity index (χ4n) is 2.73. The second-order valence-corrected chi connectivity index (χ2v) is 6.43. The fourth-order valence-corrected chi connectivity index (χ4v) is 2.73. The third-order valence-electron chi connectivity index (χ3n) is 3.90. The molecule has 2 aliphatic heterocycles. The quantitative estimate of drug-likeness (QED) is 0.799. The summed E-state index contributed by atoms with van der Waals surface area (Å²) in [5.74, 6) is 7.29. The lowest BCUT2D eigenvalue weighted by molar-refractivity contribution is 0.248. The summed E-state index contributed by atoms with van der Waals surface area (Å²) in [5.41, 5.74) is 3.74. The molecule has 2 aliphatic rings. The average molecular weight is 279 g/mol. The maximum Gasteiger partial charge on any atom is 0.127 e. The first kappa shape index (κ1) is 13.8. The minimum absolute atomic E-state index is 0.353. The van der Waals surface area contributed by atoms with E-state index in [-0.39, 0.29) is 0 Å². The first-order valence-electron chi connectivity index (χ1n) is 7.39. The van der Waals surface area contributed by atoms with Crippen LogP contribution in [0.5, 0.6) is 0 Å². The second kappa shape index (κ2) is 5.29. The normalized spacial score (nSPS) is 19.1. The van der Waals surface area contributed by atoms with Crippen LogP contribution in [0.4, 0.5) is 5.82 Å². The smallest absolute Gasteiger partial charge is 0.127 e. The lowest BCUT2D eigenvalue weighted by atomic mass is 9.86. The van der Waals surface area contributed by atoms with Crippen molar-refractivity contribution in [1.29, 1.82) is 0 Å². The number of allylic oxidation sites excluding steroid dienone is 2. The molecule has 108 valence electrons. The van der Waals surface area contributed by atoms with Crippen molar-refractivity contribution in [2.45, 2.75) is 26.7 Å². The summed E-state index contributed by atoms with van der Waals surface area (Å²) < 4.78 is 0. The van der Waals surface area contributed by atoms with Crippen LogP contribution in [0, 0.1) is 17.3 Å². The molecule has 0 radical (unpaired) electrons. The highest BCUT2D eigenvalue weighted by Crippen LogP contribution is 2.36. The maximum absolute atomic E-state index is 4.43. The molecule has 21 heavy (non-hydrogen) atoms. The van der Waals surface area contributed by atoms with Crippen molar-refractivity contribution in [2.24, 2.45) is 5.41 Å². The molecule has 0 unspecified atom stereocenters. The Morgan fingerprint density at radius 2 is 2.14 bits per heavy atom. The molecule has 0 saturated heterocycles. The summed E-state index contributed by atoms with van der Waals surface area (Å²) in [6, 6.07) is 5.85. The summed E-state index contributed by atoms with van der Waals surface area (Å²) in [7, 11) is 1.87. The zero-order valence-electron chi connectivity index (χ0n) is 12.9. The maximum atomic E-state index is 4.43. The number of aromatic nitrogens is 1. The van der Waals surface area contributed by atoms with Gasteiger partial charge >= 0.3 is 0 Å². The predicted molar refractivity (Wildman–Crippen MR) is 86.5 cm³/mol. The van der Waals surface area contributed by atoms with Gasteiger partial charge in [-0.25, -0.2) is 4.98 Å². The Morgan fingerprint density at radius 3 is 2.95 bits per heavy atom. The van der Waals surface area contributed by atoms with Gasteiger partial charge in [-0.3, -0.25) is 0 Å². The Labute approximate surface area is 126 Å². The predicted octanol–water partition coefficient (Wildman–Crippen LogP) is 3.38. The van der Waals surface area contributed by atoms with E-state index in [0.717, 1.165) is 30.9 Å². The van der Waals surface area contributed by atoms with Gasteiger partial charge in [-0.1, -0.05) is 31.9 Å². The molecule has 0 amide bonds. The van der Waals surface area contributed by atoms with E-state index in [9.17, 15) is 0 Å². The molecule has 0 saturated carbocycles. The van der Waals surface area contributed by atoms with Crippen molar-refractivity contribution in [3.8, 4) is 11.8 Å². The Morgan fingerprint density at radius 1 is 1.29 bits per heavy atom. The highest BCUT2D eigenvalue weighted by molar-refractivity contribution is 5.45. The summed E-state index contributed by atoms with van der Waals surface area (Å²) in [4.78, 5) is 6.78. The van der Waals surface area contributed by atoms with Crippen LogP contribution in [0.1, 0.15) is 32.4 Å². The van der Waals surface area contributed by atoms with Crippen LogP contribution in [0.15, 0.2) is 41.7 Å². The molecule has 3 heterocycles. The summed E-state index contributed by atoms with van der Waals surface area (Å²) in [6.45, 7) is 5.70. The van der Waals surface area contributed by atoms with Crippen molar-refractivity contribution in [3.63, 3.8) is 0 Å². The van der Waals surface area contributed by atoms with Crippen molar-refractivity contribution in [3.05, 3.63) is 47.4 Å². The highest BCUT2D eigenvalue weighted by Gasteiger charge is 2.29. The molecule has 1 aromatic heterocycles. The molecule has 0 spiro atoms. The van der Waals surface area contributed by atoms with Gasteiger partial charge in [0.1, 0.15) is 11.5 Å². The van der Waals surface area contributed by atoms with Gasteiger partial charge in [-0.05, 0) is 29.9 Å². The number of hydrogen-bond acceptors (Lipinski definition) is 3. The van der Waals surface area contributed by atoms with Crippen LogP contribution in [-0.4, -0.2) is 23.5 Å². The number of fused-ring (bicyclic) bond motifs is 1. The number of hydrogen-bond donors (Lipinski definition) is 1. The molecule has 3 nitrogen and oxygen atoms in total. The third-order valence-corrected chi connectivity index (χ3v) is 3.90. The lowest BCUT2D eigenvalue weighted by Crippen LogP contribution is -2.31.